The van der Waals surface area contributed by atoms with Crippen molar-refractivity contribution in [3.8, 4) is 0 Å². The Kier molecular flexibility index (Phi) is 6.55. The SMILES string of the molecule is Cc1cc(C)n2nc(CC3=C(O)CC(CCc4ccc([C@@H](C)N)cc4)(C4CCCC4)OC3=O)nc2n1. The van der Waals surface area contributed by atoms with Crippen molar-refractivity contribution in [1.82, 2.24) is 19.6 Å². The van der Waals surface area contributed by atoms with Crippen molar-refractivity contribution < 1.29 is 14.6 Å². The Morgan fingerprint density at radius 2 is 1.92 bits per heavy atom. The summed E-state index contributed by atoms with van der Waals surface area (Å²) in [5.41, 5.74) is 9.58. The summed E-state index contributed by atoms with van der Waals surface area (Å²) in [4.78, 5) is 22.2. The molecule has 0 spiro atoms. The number of esters is 1. The Morgan fingerprint density at radius 1 is 1.19 bits per heavy atom. The van der Waals surface area contributed by atoms with Gasteiger partial charge in [-0.3, -0.25) is 0 Å². The molecule has 1 aliphatic heterocycles. The molecule has 3 aromatic rings. The number of ether oxygens (including phenoxy) is 1. The molecule has 1 aromatic carbocycles. The fourth-order valence-electron chi connectivity index (χ4n) is 5.77. The fourth-order valence-corrected chi connectivity index (χ4v) is 5.77. The Hall–Kier alpha value is -3.26. The third-order valence-corrected chi connectivity index (χ3v) is 7.80. The van der Waals surface area contributed by atoms with Crippen LogP contribution in [-0.2, 0) is 22.4 Å². The lowest BCUT2D eigenvalue weighted by Gasteiger charge is -2.41. The number of rotatable bonds is 7. The van der Waals surface area contributed by atoms with Crippen LogP contribution in [0.25, 0.3) is 5.78 Å². The van der Waals surface area contributed by atoms with Crippen molar-refractivity contribution in [3.63, 3.8) is 0 Å². The van der Waals surface area contributed by atoms with Crippen molar-refractivity contribution in [2.75, 3.05) is 0 Å². The number of aliphatic hydroxyl groups is 1. The zero-order valence-corrected chi connectivity index (χ0v) is 21.3. The summed E-state index contributed by atoms with van der Waals surface area (Å²) < 4.78 is 7.92. The lowest BCUT2D eigenvalue weighted by molar-refractivity contribution is -0.167. The van der Waals surface area contributed by atoms with Gasteiger partial charge in [-0.05, 0) is 69.6 Å². The van der Waals surface area contributed by atoms with Gasteiger partial charge in [0.15, 0.2) is 5.82 Å². The lowest BCUT2D eigenvalue weighted by atomic mass is 9.76. The predicted octanol–water partition coefficient (Wildman–Crippen LogP) is 4.62. The van der Waals surface area contributed by atoms with E-state index in [1.165, 1.54) is 5.56 Å². The molecule has 3 N–H and O–H groups in total. The molecule has 8 heteroatoms. The molecule has 2 aliphatic rings. The van der Waals surface area contributed by atoms with Crippen molar-refractivity contribution in [1.29, 1.82) is 0 Å². The number of cyclic esters (lactones) is 1. The van der Waals surface area contributed by atoms with E-state index in [1.807, 2.05) is 26.8 Å². The number of aryl methyl sites for hydroxylation is 3. The minimum absolute atomic E-state index is 0.00481. The first-order valence-corrected chi connectivity index (χ1v) is 12.9. The molecule has 2 aromatic heterocycles. The molecule has 1 aliphatic carbocycles. The second kappa shape index (κ2) is 9.65. The van der Waals surface area contributed by atoms with Crippen molar-refractivity contribution >= 4 is 11.7 Å². The van der Waals surface area contributed by atoms with Gasteiger partial charge >= 0.3 is 5.97 Å². The van der Waals surface area contributed by atoms with Gasteiger partial charge in [-0.1, -0.05) is 37.1 Å². The first kappa shape index (κ1) is 24.4. The van der Waals surface area contributed by atoms with Gasteiger partial charge in [0, 0.05) is 30.3 Å². The van der Waals surface area contributed by atoms with Crippen LogP contribution in [0.3, 0.4) is 0 Å². The van der Waals surface area contributed by atoms with Gasteiger partial charge in [-0.15, -0.1) is 5.10 Å². The zero-order chi connectivity index (χ0) is 25.4. The van der Waals surface area contributed by atoms with Gasteiger partial charge in [0.25, 0.3) is 5.78 Å². The minimum atomic E-state index is -0.692. The molecule has 3 heterocycles. The lowest BCUT2D eigenvalue weighted by Crippen LogP contribution is -2.46. The average molecular weight is 490 g/mol. The number of fused-ring (bicyclic) bond motifs is 1. The maximum atomic E-state index is 13.3. The average Bonchev–Trinajstić information content (AvgIpc) is 3.51. The molecule has 0 radical (unpaired) electrons. The van der Waals surface area contributed by atoms with Crippen LogP contribution in [0, 0.1) is 19.8 Å². The Labute approximate surface area is 211 Å². The number of hydrogen-bond donors (Lipinski definition) is 2. The number of carbonyl (C=O) groups excluding carboxylic acids is 1. The number of aromatic nitrogens is 4. The van der Waals surface area contributed by atoms with Crippen molar-refractivity contribution in [2.45, 2.75) is 83.8 Å². The van der Waals surface area contributed by atoms with Crippen LogP contribution in [0.1, 0.15) is 79.8 Å². The van der Waals surface area contributed by atoms with Crippen LogP contribution in [0.2, 0.25) is 0 Å². The van der Waals surface area contributed by atoms with Crippen molar-refractivity contribution in [2.24, 2.45) is 11.7 Å². The van der Waals surface area contributed by atoms with Crippen LogP contribution in [0.5, 0.6) is 0 Å². The molecule has 1 saturated carbocycles. The maximum absolute atomic E-state index is 13.3. The number of hydrogen-bond acceptors (Lipinski definition) is 7. The minimum Gasteiger partial charge on any atom is -0.512 e. The van der Waals surface area contributed by atoms with Gasteiger partial charge in [-0.25, -0.2) is 14.3 Å². The van der Waals surface area contributed by atoms with E-state index in [-0.39, 0.29) is 29.7 Å². The van der Waals surface area contributed by atoms with Crippen LogP contribution in [-0.4, -0.2) is 36.3 Å². The highest BCUT2D eigenvalue weighted by atomic mass is 16.6. The van der Waals surface area contributed by atoms with Crippen LogP contribution >= 0.6 is 0 Å². The summed E-state index contributed by atoms with van der Waals surface area (Å²) in [6.07, 6.45) is 6.17. The number of nitrogens with zero attached hydrogens (tertiary/aromatic N) is 4. The third kappa shape index (κ3) is 4.74. The van der Waals surface area contributed by atoms with E-state index in [0.29, 0.717) is 24.4 Å². The molecule has 5 rings (SSSR count). The monoisotopic (exact) mass is 489 g/mol. The Morgan fingerprint density at radius 3 is 2.58 bits per heavy atom. The molecule has 2 atom stereocenters. The quantitative estimate of drug-likeness (QED) is 0.465. The molecule has 190 valence electrons. The van der Waals surface area contributed by atoms with Gasteiger partial charge in [0.1, 0.15) is 11.4 Å². The topological polar surface area (TPSA) is 116 Å². The highest BCUT2D eigenvalue weighted by Gasteiger charge is 2.48. The van der Waals surface area contributed by atoms with E-state index in [0.717, 1.165) is 49.1 Å². The normalized spacial score (nSPS) is 21.8. The summed E-state index contributed by atoms with van der Waals surface area (Å²) in [5, 5.41) is 15.7. The molecule has 0 bridgehead atoms. The summed E-state index contributed by atoms with van der Waals surface area (Å²) in [7, 11) is 0. The highest BCUT2D eigenvalue weighted by molar-refractivity contribution is 5.90. The van der Waals surface area contributed by atoms with Gasteiger partial charge in [-0.2, -0.15) is 4.98 Å². The van der Waals surface area contributed by atoms with Crippen LogP contribution < -0.4 is 5.73 Å². The van der Waals surface area contributed by atoms with Crippen LogP contribution in [0.4, 0.5) is 0 Å². The second-order valence-electron chi connectivity index (χ2n) is 10.5. The summed E-state index contributed by atoms with van der Waals surface area (Å²) in [6, 6.07) is 10.2. The fraction of sp³-hybridized carbons (Fsp3) is 0.500. The first-order chi connectivity index (χ1) is 17.2. The van der Waals surface area contributed by atoms with Gasteiger partial charge in [0.2, 0.25) is 0 Å². The molecule has 1 unspecified atom stereocenters. The maximum Gasteiger partial charge on any atom is 0.338 e. The van der Waals surface area contributed by atoms with E-state index in [2.05, 4.69) is 39.3 Å². The summed E-state index contributed by atoms with van der Waals surface area (Å²) in [6.45, 7) is 5.81. The third-order valence-electron chi connectivity index (χ3n) is 7.80. The molecular weight excluding hydrogens is 454 g/mol. The number of nitrogens with two attached hydrogens (primary N) is 1. The molecule has 0 saturated heterocycles. The van der Waals surface area contributed by atoms with E-state index >= 15 is 0 Å². The molecule has 1 fully saturated rings. The molecule has 8 nitrogen and oxygen atoms in total. The standard InChI is InChI=1S/C28H35N5O3/c1-17-14-18(2)33-27(30-17)31-25(32-33)15-23-24(34)16-28(36-26(23)35,22-6-4-5-7-22)13-12-20-8-10-21(11-9-20)19(3)29/h8-11,14,19,22,34H,4-7,12-13,15-16,29H2,1-3H3/t19-,28?/m1/s1. The number of aliphatic hydroxyl groups excluding tert-OH is 1. The first-order valence-electron chi connectivity index (χ1n) is 12.9. The second-order valence-corrected chi connectivity index (χ2v) is 10.5. The molecule has 0 amide bonds. The van der Waals surface area contributed by atoms with Crippen LogP contribution in [0.15, 0.2) is 41.7 Å². The Bertz CT molecular complexity index is 1300. The largest absolute Gasteiger partial charge is 0.512 e. The smallest absolute Gasteiger partial charge is 0.338 e. The predicted molar refractivity (Wildman–Crippen MR) is 136 cm³/mol. The molecular formula is C28H35N5O3. The van der Waals surface area contributed by atoms with E-state index in [4.69, 9.17) is 10.5 Å². The zero-order valence-electron chi connectivity index (χ0n) is 21.3. The highest BCUT2D eigenvalue weighted by Crippen LogP contribution is 2.46. The number of carbonyl (C=O) groups is 1. The number of benzene rings is 1. The molecule has 36 heavy (non-hydrogen) atoms. The van der Waals surface area contributed by atoms with Gasteiger partial charge in [0.05, 0.1) is 5.57 Å². The van der Waals surface area contributed by atoms with Crippen molar-refractivity contribution in [3.05, 3.63) is 70.0 Å². The van der Waals surface area contributed by atoms with E-state index in [9.17, 15) is 9.90 Å². The Balaban J connectivity index is 1.38. The summed E-state index contributed by atoms with van der Waals surface area (Å²) >= 11 is 0. The van der Waals surface area contributed by atoms with E-state index in [1.54, 1.807) is 4.52 Å². The van der Waals surface area contributed by atoms with Gasteiger partial charge < -0.3 is 15.6 Å². The van der Waals surface area contributed by atoms with E-state index < -0.39 is 11.6 Å². The summed E-state index contributed by atoms with van der Waals surface area (Å²) in [5.74, 6) is 0.818.